The second-order valence-corrected chi connectivity index (χ2v) is 9.99. The summed E-state index contributed by atoms with van der Waals surface area (Å²) >= 11 is 1.74. The molecule has 3 N–H and O–H groups in total. The molecule has 2 unspecified atom stereocenters. The molecule has 0 radical (unpaired) electrons. The number of anilines is 1. The average Bonchev–Trinajstić information content (AvgIpc) is 3.53. The number of thiophene rings is 1. The summed E-state index contributed by atoms with van der Waals surface area (Å²) in [5.41, 5.74) is 4.24. The lowest BCUT2D eigenvalue weighted by Crippen LogP contribution is -2.36. The van der Waals surface area contributed by atoms with Crippen LogP contribution in [0.4, 0.5) is 5.82 Å². The zero-order chi connectivity index (χ0) is 22.9. The molecule has 172 valence electrons. The molecule has 0 fully saturated rings. The highest BCUT2D eigenvalue weighted by atomic mass is 32.1. The van der Waals surface area contributed by atoms with Crippen molar-refractivity contribution in [2.45, 2.75) is 64.8 Å². The van der Waals surface area contributed by atoms with Crippen LogP contribution < -0.4 is 21.5 Å². The average molecular weight is 464 g/mol. The van der Waals surface area contributed by atoms with E-state index in [1.807, 2.05) is 12.1 Å². The van der Waals surface area contributed by atoms with E-state index in [2.05, 4.69) is 53.0 Å². The standard InChI is InChI=1S/C25H29N5O2S/c1-3-20(19-7-5-4-6-15(19)2)29-23-25(32)30-17(12-27-23)8-9-21(30)24(31)28-13-18-10-16-11-26-14-22(16)33-18/h4-7,10,12,20-21,26H,3,8-9,11,13-14H2,1-2H3,(H,27,29)(H,28,31). The van der Waals surface area contributed by atoms with E-state index in [9.17, 15) is 9.59 Å². The number of carbonyl (C=O) groups excluding carboxylic acids is 1. The van der Waals surface area contributed by atoms with Crippen LogP contribution >= 0.6 is 11.3 Å². The summed E-state index contributed by atoms with van der Waals surface area (Å²) in [5.74, 6) is 0.196. The fourth-order valence-electron chi connectivity index (χ4n) is 4.85. The van der Waals surface area contributed by atoms with Gasteiger partial charge in [-0.2, -0.15) is 0 Å². The second kappa shape index (κ2) is 9.11. The third-order valence-electron chi connectivity index (χ3n) is 6.63. The summed E-state index contributed by atoms with van der Waals surface area (Å²) in [6.45, 7) is 6.46. The molecular weight excluding hydrogens is 434 g/mol. The van der Waals surface area contributed by atoms with Gasteiger partial charge in [0.1, 0.15) is 6.04 Å². The summed E-state index contributed by atoms with van der Waals surface area (Å²) in [6, 6.07) is 9.82. The third kappa shape index (κ3) is 4.20. The number of hydrogen-bond donors (Lipinski definition) is 3. The maximum absolute atomic E-state index is 13.4. The van der Waals surface area contributed by atoms with E-state index in [4.69, 9.17) is 0 Å². The monoisotopic (exact) mass is 463 g/mol. The van der Waals surface area contributed by atoms with Crippen molar-refractivity contribution in [1.29, 1.82) is 0 Å². The van der Waals surface area contributed by atoms with Crippen molar-refractivity contribution in [3.05, 3.63) is 79.0 Å². The lowest BCUT2D eigenvalue weighted by atomic mass is 9.99. The maximum atomic E-state index is 13.4. The largest absolute Gasteiger partial charge is 0.359 e. The molecule has 3 aromatic rings. The van der Waals surface area contributed by atoms with Crippen LogP contribution in [-0.4, -0.2) is 15.5 Å². The first-order chi connectivity index (χ1) is 16.0. The van der Waals surface area contributed by atoms with Crippen LogP contribution in [0.1, 0.15) is 64.0 Å². The Kier molecular flexibility index (Phi) is 6.03. The van der Waals surface area contributed by atoms with Gasteiger partial charge in [0.2, 0.25) is 5.91 Å². The third-order valence-corrected chi connectivity index (χ3v) is 7.81. The van der Waals surface area contributed by atoms with Crippen LogP contribution in [0.15, 0.2) is 41.3 Å². The van der Waals surface area contributed by atoms with Gasteiger partial charge in [-0.15, -0.1) is 11.3 Å². The molecule has 0 aliphatic carbocycles. The minimum atomic E-state index is -0.497. The van der Waals surface area contributed by atoms with Crippen molar-refractivity contribution in [3.8, 4) is 0 Å². The molecule has 0 spiro atoms. The Morgan fingerprint density at radius 1 is 1.33 bits per heavy atom. The molecule has 0 bridgehead atoms. The maximum Gasteiger partial charge on any atom is 0.294 e. The Balaban J connectivity index is 1.33. The van der Waals surface area contributed by atoms with Crippen molar-refractivity contribution < 1.29 is 4.79 Å². The highest BCUT2D eigenvalue weighted by Crippen LogP contribution is 2.28. The van der Waals surface area contributed by atoms with Gasteiger partial charge in [-0.3, -0.25) is 14.2 Å². The molecule has 8 heteroatoms. The SMILES string of the molecule is CCC(Nc1ncc2n(c1=O)C(C(=O)NCc1cc3c(s1)CNC3)CC2)c1ccccc1C. The van der Waals surface area contributed by atoms with Crippen LogP contribution in [0, 0.1) is 6.92 Å². The highest BCUT2D eigenvalue weighted by Gasteiger charge is 2.31. The smallest absolute Gasteiger partial charge is 0.294 e. The minimum absolute atomic E-state index is 0.0194. The van der Waals surface area contributed by atoms with Gasteiger partial charge in [0.05, 0.1) is 12.6 Å². The highest BCUT2D eigenvalue weighted by molar-refractivity contribution is 7.12. The van der Waals surface area contributed by atoms with Crippen LogP contribution in [0.3, 0.4) is 0 Å². The molecule has 2 aromatic heterocycles. The van der Waals surface area contributed by atoms with E-state index in [-0.39, 0.29) is 17.5 Å². The second-order valence-electron chi connectivity index (χ2n) is 8.77. The zero-order valence-electron chi connectivity index (χ0n) is 19.0. The van der Waals surface area contributed by atoms with Gasteiger partial charge in [-0.25, -0.2) is 4.98 Å². The predicted octanol–water partition coefficient (Wildman–Crippen LogP) is 3.58. The molecule has 1 aromatic carbocycles. The van der Waals surface area contributed by atoms with E-state index < -0.39 is 6.04 Å². The topological polar surface area (TPSA) is 88.0 Å². The number of aromatic nitrogens is 2. The Morgan fingerprint density at radius 2 is 2.18 bits per heavy atom. The number of carbonyl (C=O) groups is 1. The first-order valence-electron chi connectivity index (χ1n) is 11.6. The van der Waals surface area contributed by atoms with Crippen LogP contribution in [0.5, 0.6) is 0 Å². The predicted molar refractivity (Wildman–Crippen MR) is 130 cm³/mol. The normalized spacial score (nSPS) is 17.5. The number of fused-ring (bicyclic) bond motifs is 2. The lowest BCUT2D eigenvalue weighted by Gasteiger charge is -2.21. The molecule has 0 saturated heterocycles. The molecule has 4 heterocycles. The van der Waals surface area contributed by atoms with Crippen molar-refractivity contribution in [1.82, 2.24) is 20.2 Å². The number of hydrogen-bond acceptors (Lipinski definition) is 6. The van der Waals surface area contributed by atoms with Gasteiger partial charge in [-0.05, 0) is 48.9 Å². The van der Waals surface area contributed by atoms with E-state index >= 15 is 0 Å². The molecule has 0 saturated carbocycles. The van der Waals surface area contributed by atoms with Crippen LogP contribution in [-0.2, 0) is 30.8 Å². The molecule has 33 heavy (non-hydrogen) atoms. The quantitative estimate of drug-likeness (QED) is 0.499. The van der Waals surface area contributed by atoms with Gasteiger partial charge < -0.3 is 16.0 Å². The summed E-state index contributed by atoms with van der Waals surface area (Å²) in [6.07, 6.45) is 3.84. The molecular formula is C25H29N5O2S. The fraction of sp³-hybridized carbons (Fsp3) is 0.400. The van der Waals surface area contributed by atoms with E-state index in [1.165, 1.54) is 16.0 Å². The number of rotatable bonds is 7. The van der Waals surface area contributed by atoms with Gasteiger partial charge in [-0.1, -0.05) is 31.2 Å². The molecule has 5 rings (SSSR count). The van der Waals surface area contributed by atoms with Gasteiger partial charge in [0.25, 0.3) is 5.56 Å². The number of amides is 1. The Hall–Kier alpha value is -2.97. The number of aryl methyl sites for hydroxylation is 2. The summed E-state index contributed by atoms with van der Waals surface area (Å²) in [7, 11) is 0. The molecule has 1 amide bonds. The first-order valence-corrected chi connectivity index (χ1v) is 12.4. The van der Waals surface area contributed by atoms with Crippen LogP contribution in [0.2, 0.25) is 0 Å². The van der Waals surface area contributed by atoms with E-state index in [1.54, 1.807) is 22.1 Å². The van der Waals surface area contributed by atoms with Gasteiger partial charge >= 0.3 is 0 Å². The Morgan fingerprint density at radius 3 is 2.97 bits per heavy atom. The Labute approximate surface area is 197 Å². The van der Waals surface area contributed by atoms with E-state index in [0.29, 0.717) is 25.2 Å². The van der Waals surface area contributed by atoms with Gasteiger partial charge in [0, 0.05) is 34.7 Å². The van der Waals surface area contributed by atoms with E-state index in [0.717, 1.165) is 35.6 Å². The minimum Gasteiger partial charge on any atom is -0.359 e. The zero-order valence-corrected chi connectivity index (χ0v) is 19.8. The lowest BCUT2D eigenvalue weighted by molar-refractivity contribution is -0.124. The fourth-order valence-corrected chi connectivity index (χ4v) is 5.95. The number of nitrogens with one attached hydrogen (secondary N) is 3. The molecule has 2 atom stereocenters. The van der Waals surface area contributed by atoms with Crippen molar-refractivity contribution in [3.63, 3.8) is 0 Å². The summed E-state index contributed by atoms with van der Waals surface area (Å²) < 4.78 is 1.63. The molecule has 2 aliphatic rings. The Bertz CT molecular complexity index is 1230. The first kappa shape index (κ1) is 21.9. The van der Waals surface area contributed by atoms with Crippen molar-refractivity contribution >= 4 is 23.1 Å². The van der Waals surface area contributed by atoms with Gasteiger partial charge in [0.15, 0.2) is 5.82 Å². The van der Waals surface area contributed by atoms with Crippen molar-refractivity contribution in [2.24, 2.45) is 0 Å². The molecule has 2 aliphatic heterocycles. The molecule has 7 nitrogen and oxygen atoms in total. The van der Waals surface area contributed by atoms with Crippen LogP contribution in [0.25, 0.3) is 0 Å². The summed E-state index contributed by atoms with van der Waals surface area (Å²) in [5, 5.41) is 9.73. The number of nitrogens with zero attached hydrogens (tertiary/aromatic N) is 2. The van der Waals surface area contributed by atoms with Crippen molar-refractivity contribution in [2.75, 3.05) is 5.32 Å². The summed E-state index contributed by atoms with van der Waals surface area (Å²) in [4.78, 5) is 33.3. The number of benzene rings is 1.